The van der Waals surface area contributed by atoms with E-state index in [-0.39, 0.29) is 0 Å². The molecule has 1 aliphatic rings. The number of hydrogen-bond donors (Lipinski definition) is 1. The average Bonchev–Trinajstić information content (AvgIpc) is 3.55. The standard InChI is InChI=1S/C48H31N/c1-3-13-33-29(11-1)21-22-31-27-43(35-15-5-6-16-37(35)45(31)33)47-40-19-9-7-17-38(40)46(39-18-8-10-20-41(39)47)32-24-25-36-42-26-23-30-12-2-4-14-34(30)48(42)49-44(36)28-32/h1-2,4-12,14-28,49H,3,13H2. The summed E-state index contributed by atoms with van der Waals surface area (Å²) in [5.41, 5.74) is 10.3. The van der Waals surface area contributed by atoms with E-state index in [1.807, 2.05) is 0 Å². The fraction of sp³-hybridized carbons (Fsp3) is 0.0417. The first-order valence-electron chi connectivity index (χ1n) is 17.3. The first kappa shape index (κ1) is 26.8. The van der Waals surface area contributed by atoms with Gasteiger partial charge in [0.15, 0.2) is 0 Å². The van der Waals surface area contributed by atoms with Crippen LogP contribution in [0.2, 0.25) is 0 Å². The number of rotatable bonds is 2. The number of benzene rings is 9. The van der Waals surface area contributed by atoms with Crippen LogP contribution in [0.25, 0.3) is 104 Å². The van der Waals surface area contributed by atoms with Gasteiger partial charge in [-0.05, 0) is 107 Å². The van der Waals surface area contributed by atoms with Crippen molar-refractivity contribution < 1.29 is 0 Å². The van der Waals surface area contributed by atoms with Crippen molar-refractivity contribution in [3.63, 3.8) is 0 Å². The first-order valence-corrected chi connectivity index (χ1v) is 17.3. The molecule has 1 aromatic heterocycles. The normalized spacial score (nSPS) is 13.1. The van der Waals surface area contributed by atoms with Crippen molar-refractivity contribution in [1.82, 2.24) is 4.98 Å². The highest BCUT2D eigenvalue weighted by Crippen LogP contribution is 2.48. The van der Waals surface area contributed by atoms with Gasteiger partial charge in [-0.2, -0.15) is 0 Å². The van der Waals surface area contributed by atoms with Gasteiger partial charge in [-0.1, -0.05) is 146 Å². The Kier molecular flexibility index (Phi) is 5.57. The minimum atomic E-state index is 1.09. The molecule has 1 heterocycles. The molecular weight excluding hydrogens is 591 g/mol. The molecule has 1 heteroatoms. The second-order valence-corrected chi connectivity index (χ2v) is 13.6. The lowest BCUT2D eigenvalue weighted by atomic mass is 9.82. The van der Waals surface area contributed by atoms with Crippen LogP contribution in [0.3, 0.4) is 0 Å². The molecule has 0 bridgehead atoms. The Balaban J connectivity index is 1.22. The molecule has 0 saturated heterocycles. The van der Waals surface area contributed by atoms with E-state index in [4.69, 9.17) is 0 Å². The lowest BCUT2D eigenvalue weighted by Gasteiger charge is -2.21. The largest absolute Gasteiger partial charge is 0.354 e. The Morgan fingerprint density at radius 1 is 0.449 bits per heavy atom. The van der Waals surface area contributed by atoms with Gasteiger partial charge >= 0.3 is 0 Å². The number of aryl methyl sites for hydroxylation is 1. The van der Waals surface area contributed by atoms with Crippen LogP contribution in [0.4, 0.5) is 0 Å². The quantitative estimate of drug-likeness (QED) is 0.146. The summed E-state index contributed by atoms with van der Waals surface area (Å²) in [5.74, 6) is 0. The topological polar surface area (TPSA) is 15.8 Å². The average molecular weight is 622 g/mol. The molecule has 0 amide bonds. The number of fused-ring (bicyclic) bond motifs is 12. The van der Waals surface area contributed by atoms with E-state index in [2.05, 4.69) is 163 Å². The summed E-state index contributed by atoms with van der Waals surface area (Å²) >= 11 is 0. The fourth-order valence-corrected chi connectivity index (χ4v) is 8.89. The summed E-state index contributed by atoms with van der Waals surface area (Å²) in [5, 5.41) is 15.5. The molecule has 1 nitrogen and oxygen atoms in total. The van der Waals surface area contributed by atoms with Gasteiger partial charge in [-0.15, -0.1) is 0 Å². The maximum atomic E-state index is 3.82. The zero-order chi connectivity index (χ0) is 32.1. The molecule has 0 spiro atoms. The molecule has 11 rings (SSSR count). The van der Waals surface area contributed by atoms with Crippen LogP contribution in [0, 0.1) is 0 Å². The molecule has 0 aliphatic heterocycles. The van der Waals surface area contributed by atoms with E-state index in [0.717, 1.165) is 12.8 Å². The summed E-state index contributed by atoms with van der Waals surface area (Å²) < 4.78 is 0. The van der Waals surface area contributed by atoms with E-state index >= 15 is 0 Å². The number of allylic oxidation sites excluding steroid dienone is 1. The third kappa shape index (κ3) is 3.82. The van der Waals surface area contributed by atoms with Crippen LogP contribution in [0.1, 0.15) is 17.5 Å². The Morgan fingerprint density at radius 2 is 1.08 bits per heavy atom. The lowest BCUT2D eigenvalue weighted by molar-refractivity contribution is 0.998. The van der Waals surface area contributed by atoms with E-state index in [1.54, 1.807) is 0 Å². The highest BCUT2D eigenvalue weighted by Gasteiger charge is 2.21. The monoisotopic (exact) mass is 621 g/mol. The minimum Gasteiger partial charge on any atom is -0.354 e. The van der Waals surface area contributed by atoms with Gasteiger partial charge < -0.3 is 4.98 Å². The molecular formula is C48H31N. The first-order chi connectivity index (χ1) is 24.3. The lowest BCUT2D eigenvalue weighted by Crippen LogP contribution is -1.97. The van der Waals surface area contributed by atoms with Crippen LogP contribution in [-0.4, -0.2) is 4.98 Å². The molecule has 10 aromatic rings. The van der Waals surface area contributed by atoms with Crippen molar-refractivity contribution in [2.45, 2.75) is 12.8 Å². The predicted molar refractivity (Wildman–Crippen MR) is 212 cm³/mol. The number of hydrogen-bond acceptors (Lipinski definition) is 0. The molecule has 0 fully saturated rings. The van der Waals surface area contributed by atoms with Crippen LogP contribution < -0.4 is 0 Å². The summed E-state index contributed by atoms with van der Waals surface area (Å²) in [7, 11) is 0. The number of H-pyrrole nitrogens is 1. The van der Waals surface area contributed by atoms with Crippen molar-refractivity contribution in [1.29, 1.82) is 0 Å². The van der Waals surface area contributed by atoms with Gasteiger partial charge in [0.1, 0.15) is 0 Å². The highest BCUT2D eigenvalue weighted by atomic mass is 14.7. The second-order valence-electron chi connectivity index (χ2n) is 13.6. The van der Waals surface area contributed by atoms with Crippen molar-refractivity contribution in [2.75, 3.05) is 0 Å². The Morgan fingerprint density at radius 3 is 1.86 bits per heavy atom. The summed E-state index contributed by atoms with van der Waals surface area (Å²) in [6, 6.07) is 54.4. The second kappa shape index (κ2) is 10.2. The molecule has 1 N–H and O–H groups in total. The molecule has 49 heavy (non-hydrogen) atoms. The molecule has 228 valence electrons. The molecule has 9 aromatic carbocycles. The summed E-state index contributed by atoms with van der Waals surface area (Å²) in [4.78, 5) is 3.82. The van der Waals surface area contributed by atoms with Gasteiger partial charge in [0.25, 0.3) is 0 Å². The van der Waals surface area contributed by atoms with Gasteiger partial charge in [0, 0.05) is 21.7 Å². The van der Waals surface area contributed by atoms with Crippen molar-refractivity contribution in [2.24, 2.45) is 0 Å². The molecule has 0 unspecified atom stereocenters. The molecule has 0 radical (unpaired) electrons. The van der Waals surface area contributed by atoms with Crippen molar-refractivity contribution in [3.05, 3.63) is 163 Å². The molecule has 0 atom stereocenters. The summed E-state index contributed by atoms with van der Waals surface area (Å²) in [6.07, 6.45) is 6.79. The minimum absolute atomic E-state index is 1.09. The maximum absolute atomic E-state index is 3.82. The SMILES string of the molecule is C1=Cc2ccc3cc(-c4c5ccccc5c(-c5ccc6c(c5)[nH]c5c7ccccc7ccc65)c5ccccc45)c4ccccc4c3c2CC1. The predicted octanol–water partition coefficient (Wildman–Crippen LogP) is 13.4. The van der Waals surface area contributed by atoms with Crippen LogP contribution in [0.15, 0.2) is 152 Å². The zero-order valence-corrected chi connectivity index (χ0v) is 26.9. The number of nitrogens with one attached hydrogen (secondary N) is 1. The van der Waals surface area contributed by atoms with E-state index < -0.39 is 0 Å². The molecule has 0 saturated carbocycles. The van der Waals surface area contributed by atoms with Crippen LogP contribution >= 0.6 is 0 Å². The Labute approximate surface area is 283 Å². The third-order valence-corrected chi connectivity index (χ3v) is 11.0. The van der Waals surface area contributed by atoms with Crippen LogP contribution in [0.5, 0.6) is 0 Å². The van der Waals surface area contributed by atoms with Gasteiger partial charge in [-0.3, -0.25) is 0 Å². The van der Waals surface area contributed by atoms with Crippen molar-refractivity contribution in [3.8, 4) is 22.3 Å². The smallest absolute Gasteiger partial charge is 0.0544 e. The molecule has 1 aliphatic carbocycles. The maximum Gasteiger partial charge on any atom is 0.0544 e. The van der Waals surface area contributed by atoms with E-state index in [9.17, 15) is 0 Å². The van der Waals surface area contributed by atoms with Gasteiger partial charge in [0.05, 0.1) is 5.52 Å². The van der Waals surface area contributed by atoms with Crippen LogP contribution in [-0.2, 0) is 6.42 Å². The Hall–Kier alpha value is -6.18. The van der Waals surface area contributed by atoms with E-state index in [1.165, 1.54) is 109 Å². The van der Waals surface area contributed by atoms with Crippen molar-refractivity contribution >= 4 is 81.7 Å². The van der Waals surface area contributed by atoms with E-state index in [0.29, 0.717) is 0 Å². The van der Waals surface area contributed by atoms with Gasteiger partial charge in [-0.25, -0.2) is 0 Å². The third-order valence-electron chi connectivity index (χ3n) is 11.0. The summed E-state index contributed by atoms with van der Waals surface area (Å²) in [6.45, 7) is 0. The highest BCUT2D eigenvalue weighted by molar-refractivity contribution is 6.27. The zero-order valence-electron chi connectivity index (χ0n) is 26.9. The van der Waals surface area contributed by atoms with Gasteiger partial charge in [0.2, 0.25) is 0 Å². The Bertz CT molecular complexity index is 2990. The number of aromatic nitrogens is 1. The fourth-order valence-electron chi connectivity index (χ4n) is 8.89. The number of aromatic amines is 1.